The highest BCUT2D eigenvalue weighted by atomic mass is 16.5. The van der Waals surface area contributed by atoms with Crippen LogP contribution in [0.25, 0.3) is 0 Å². The minimum Gasteiger partial charge on any atom is -0.497 e. The Morgan fingerprint density at radius 1 is 1.18 bits per heavy atom. The summed E-state index contributed by atoms with van der Waals surface area (Å²) >= 11 is 0. The molecule has 0 aliphatic heterocycles. The number of carbonyl (C=O) groups excluding carboxylic acids is 1. The number of methoxy groups -OCH3 is 1. The maximum absolute atomic E-state index is 11.9. The third kappa shape index (κ3) is 2.11. The molecule has 2 nitrogen and oxygen atoms in total. The van der Waals surface area contributed by atoms with Gasteiger partial charge in [0.25, 0.3) is 0 Å². The number of ether oxygens (including phenoxy) is 1. The average molecular weight is 298 g/mol. The maximum Gasteiger partial charge on any atom is 0.133 e. The van der Waals surface area contributed by atoms with Gasteiger partial charge in [-0.3, -0.25) is 4.79 Å². The van der Waals surface area contributed by atoms with Gasteiger partial charge in [0.05, 0.1) is 7.11 Å². The molecule has 0 amide bonds. The highest BCUT2D eigenvalue weighted by Crippen LogP contribution is 2.59. The second-order valence-electron chi connectivity index (χ2n) is 7.93. The number of fused-ring (bicyclic) bond motifs is 5. The molecule has 3 aliphatic rings. The monoisotopic (exact) mass is 298 g/mol. The van der Waals surface area contributed by atoms with Crippen LogP contribution in [0.2, 0.25) is 0 Å². The van der Waals surface area contributed by atoms with Gasteiger partial charge >= 0.3 is 0 Å². The van der Waals surface area contributed by atoms with Crippen LogP contribution in [0.3, 0.4) is 0 Å². The molecule has 0 spiro atoms. The highest BCUT2D eigenvalue weighted by Gasteiger charge is 2.50. The molecule has 2 heteroatoms. The molecular formula is C20H26O2. The number of hydrogen-bond donors (Lipinski definition) is 0. The molecule has 118 valence electrons. The van der Waals surface area contributed by atoms with E-state index in [2.05, 4.69) is 25.1 Å². The van der Waals surface area contributed by atoms with Crippen LogP contribution in [-0.4, -0.2) is 12.9 Å². The first-order valence-corrected chi connectivity index (χ1v) is 8.79. The third-order valence-corrected chi connectivity index (χ3v) is 6.79. The molecule has 4 rings (SSSR count). The van der Waals surface area contributed by atoms with Crippen LogP contribution in [0.15, 0.2) is 18.2 Å². The Kier molecular flexibility index (Phi) is 3.32. The minimum absolute atomic E-state index is 0.278. The van der Waals surface area contributed by atoms with Crippen LogP contribution in [0.4, 0.5) is 0 Å². The number of ketones is 1. The molecule has 4 atom stereocenters. The van der Waals surface area contributed by atoms with Crippen molar-refractivity contribution in [2.75, 3.05) is 7.11 Å². The van der Waals surface area contributed by atoms with Crippen LogP contribution in [0.5, 0.6) is 5.75 Å². The first-order valence-electron chi connectivity index (χ1n) is 8.79. The number of carbonyl (C=O) groups is 1. The zero-order chi connectivity index (χ0) is 15.3. The van der Waals surface area contributed by atoms with Gasteiger partial charge in [0.2, 0.25) is 0 Å². The maximum atomic E-state index is 11.9. The summed E-state index contributed by atoms with van der Waals surface area (Å²) in [6.45, 7) is 2.38. The zero-order valence-corrected chi connectivity index (χ0v) is 13.7. The van der Waals surface area contributed by atoms with Crippen molar-refractivity contribution in [2.45, 2.75) is 57.8 Å². The van der Waals surface area contributed by atoms with Crippen molar-refractivity contribution < 1.29 is 9.53 Å². The smallest absolute Gasteiger partial charge is 0.133 e. The quantitative estimate of drug-likeness (QED) is 0.762. The predicted molar refractivity (Wildman–Crippen MR) is 87.2 cm³/mol. The molecular weight excluding hydrogens is 272 g/mol. The summed E-state index contributed by atoms with van der Waals surface area (Å²) in [7, 11) is 1.75. The van der Waals surface area contributed by atoms with E-state index in [-0.39, 0.29) is 5.41 Å². The standard InChI is InChI=1S/C20H26O2/c1-20-10-9-17-16-7-5-15(22-2)11-13(16)3-6-18(17)19(20)8-4-14(21)12-20/h5,7,11,17-19H,3-4,6,8-10,12H2,1-2H3. The van der Waals surface area contributed by atoms with Gasteiger partial charge in [-0.1, -0.05) is 13.0 Å². The molecule has 0 radical (unpaired) electrons. The molecule has 1 aromatic rings. The Morgan fingerprint density at radius 3 is 2.86 bits per heavy atom. The Bertz CT molecular complexity index is 606. The molecule has 0 saturated heterocycles. The summed E-state index contributed by atoms with van der Waals surface area (Å²) in [5.41, 5.74) is 3.34. The van der Waals surface area contributed by atoms with E-state index in [0.29, 0.717) is 11.7 Å². The summed E-state index contributed by atoms with van der Waals surface area (Å²) in [6.07, 6.45) is 7.71. The summed E-state index contributed by atoms with van der Waals surface area (Å²) in [4.78, 5) is 11.9. The van der Waals surface area contributed by atoms with E-state index in [4.69, 9.17) is 4.74 Å². The van der Waals surface area contributed by atoms with E-state index < -0.39 is 0 Å². The van der Waals surface area contributed by atoms with E-state index in [1.165, 1.54) is 31.2 Å². The van der Waals surface area contributed by atoms with Crippen LogP contribution in [0, 0.1) is 17.3 Å². The predicted octanol–water partition coefficient (Wildman–Crippen LogP) is 4.51. The van der Waals surface area contributed by atoms with Crippen molar-refractivity contribution in [3.63, 3.8) is 0 Å². The number of aryl methyl sites for hydroxylation is 1. The van der Waals surface area contributed by atoms with Gasteiger partial charge in [-0.2, -0.15) is 0 Å². The van der Waals surface area contributed by atoms with Crippen molar-refractivity contribution in [1.82, 2.24) is 0 Å². The average Bonchev–Trinajstić information content (AvgIpc) is 2.52. The molecule has 0 N–H and O–H groups in total. The molecule has 0 aromatic heterocycles. The lowest BCUT2D eigenvalue weighted by atomic mass is 9.51. The first kappa shape index (κ1) is 14.3. The van der Waals surface area contributed by atoms with Gasteiger partial charge in [0.15, 0.2) is 0 Å². The Hall–Kier alpha value is -1.31. The molecule has 2 fully saturated rings. The Balaban J connectivity index is 1.66. The molecule has 0 heterocycles. The van der Waals surface area contributed by atoms with Crippen molar-refractivity contribution in [3.05, 3.63) is 29.3 Å². The SMILES string of the molecule is COc1ccc2c(c1)CCC1C2CCC2(C)CC(=O)CCC12. The van der Waals surface area contributed by atoms with Gasteiger partial charge in [0.1, 0.15) is 11.5 Å². The molecule has 1 aromatic carbocycles. The third-order valence-electron chi connectivity index (χ3n) is 6.79. The van der Waals surface area contributed by atoms with Gasteiger partial charge in [0, 0.05) is 12.8 Å². The largest absolute Gasteiger partial charge is 0.497 e. The normalized spacial score (nSPS) is 37.0. The van der Waals surface area contributed by atoms with Crippen molar-refractivity contribution in [1.29, 1.82) is 0 Å². The number of rotatable bonds is 1. The molecule has 3 aliphatic carbocycles. The first-order chi connectivity index (χ1) is 10.6. The lowest BCUT2D eigenvalue weighted by Crippen LogP contribution is -2.46. The van der Waals surface area contributed by atoms with Crippen molar-refractivity contribution in [2.24, 2.45) is 17.3 Å². The van der Waals surface area contributed by atoms with E-state index in [1.54, 1.807) is 12.7 Å². The second-order valence-corrected chi connectivity index (χ2v) is 7.93. The van der Waals surface area contributed by atoms with E-state index >= 15 is 0 Å². The topological polar surface area (TPSA) is 26.3 Å². The summed E-state index contributed by atoms with van der Waals surface area (Å²) in [5, 5.41) is 0. The van der Waals surface area contributed by atoms with Gasteiger partial charge in [-0.05, 0) is 78.5 Å². The number of hydrogen-bond acceptors (Lipinski definition) is 2. The molecule has 22 heavy (non-hydrogen) atoms. The van der Waals surface area contributed by atoms with Crippen LogP contribution < -0.4 is 4.74 Å². The fourth-order valence-electron chi connectivity index (χ4n) is 5.72. The Labute approximate surface area is 133 Å². The summed E-state index contributed by atoms with van der Waals surface area (Å²) < 4.78 is 5.39. The van der Waals surface area contributed by atoms with Crippen molar-refractivity contribution >= 4 is 5.78 Å². The molecule has 0 bridgehead atoms. The summed E-state index contributed by atoms with van der Waals surface area (Å²) in [6, 6.07) is 6.67. The van der Waals surface area contributed by atoms with Gasteiger partial charge in [-0.15, -0.1) is 0 Å². The van der Waals surface area contributed by atoms with E-state index in [0.717, 1.165) is 36.8 Å². The highest BCUT2D eigenvalue weighted by molar-refractivity contribution is 5.80. The fraction of sp³-hybridized carbons (Fsp3) is 0.650. The van der Waals surface area contributed by atoms with Crippen molar-refractivity contribution in [3.8, 4) is 5.75 Å². The lowest BCUT2D eigenvalue weighted by Gasteiger charge is -2.53. The van der Waals surface area contributed by atoms with Crippen LogP contribution >= 0.6 is 0 Å². The minimum atomic E-state index is 0.278. The Morgan fingerprint density at radius 2 is 2.05 bits per heavy atom. The van der Waals surface area contributed by atoms with E-state index in [9.17, 15) is 4.79 Å². The van der Waals surface area contributed by atoms with Crippen LogP contribution in [0.1, 0.15) is 62.5 Å². The van der Waals surface area contributed by atoms with Gasteiger partial charge < -0.3 is 4.74 Å². The van der Waals surface area contributed by atoms with E-state index in [1.807, 2.05) is 0 Å². The fourth-order valence-corrected chi connectivity index (χ4v) is 5.72. The number of Topliss-reactive ketones (excluding diaryl/α,β-unsaturated/α-hetero) is 1. The number of benzene rings is 1. The molecule has 2 saturated carbocycles. The van der Waals surface area contributed by atoms with Crippen LogP contribution in [-0.2, 0) is 11.2 Å². The second kappa shape index (κ2) is 5.11. The lowest BCUT2D eigenvalue weighted by molar-refractivity contribution is -0.129. The zero-order valence-electron chi connectivity index (χ0n) is 13.7. The van der Waals surface area contributed by atoms with Gasteiger partial charge in [-0.25, -0.2) is 0 Å². The molecule has 4 unspecified atom stereocenters. The summed E-state index contributed by atoms with van der Waals surface area (Å²) in [5.74, 6) is 3.73.